The Hall–Kier alpha value is -1.08. The van der Waals surface area contributed by atoms with Crippen LogP contribution in [-0.2, 0) is 4.79 Å². The number of carbonyl (C=O) groups is 1. The summed E-state index contributed by atoms with van der Waals surface area (Å²) in [7, 11) is 3.89. The zero-order chi connectivity index (χ0) is 11.0. The van der Waals surface area contributed by atoms with Gasteiger partial charge in [0.1, 0.15) is 5.92 Å². The van der Waals surface area contributed by atoms with E-state index in [9.17, 15) is 4.79 Å². The minimum atomic E-state index is -0.484. The summed E-state index contributed by atoms with van der Waals surface area (Å²) in [6, 6.07) is 2.02. The molecule has 0 aliphatic carbocycles. The van der Waals surface area contributed by atoms with E-state index in [1.54, 1.807) is 0 Å². The molecule has 1 unspecified atom stereocenters. The van der Waals surface area contributed by atoms with E-state index in [1.807, 2.05) is 32.0 Å². The van der Waals surface area contributed by atoms with E-state index in [0.717, 1.165) is 13.0 Å². The second-order valence-electron chi connectivity index (χ2n) is 3.56. The summed E-state index contributed by atoms with van der Waals surface area (Å²) in [6.45, 7) is 3.38. The van der Waals surface area contributed by atoms with Crippen LogP contribution in [0.5, 0.6) is 0 Å². The average molecular weight is 197 g/mol. The number of rotatable bonds is 6. The van der Waals surface area contributed by atoms with Crippen LogP contribution in [0.15, 0.2) is 0 Å². The minimum absolute atomic E-state index is 0.142. The molecule has 0 aromatic carbocycles. The maximum absolute atomic E-state index is 11.4. The fourth-order valence-corrected chi connectivity index (χ4v) is 1.07. The topological polar surface area (TPSA) is 56.1 Å². The lowest BCUT2D eigenvalue weighted by molar-refractivity contribution is -0.123. The third-order valence-corrected chi connectivity index (χ3v) is 1.91. The van der Waals surface area contributed by atoms with Crippen LogP contribution in [0.4, 0.5) is 0 Å². The number of nitrogens with zero attached hydrogens (tertiary/aromatic N) is 2. The molecule has 0 spiro atoms. The molecule has 4 heteroatoms. The van der Waals surface area contributed by atoms with E-state index in [1.165, 1.54) is 0 Å². The molecule has 0 bridgehead atoms. The summed E-state index contributed by atoms with van der Waals surface area (Å²) in [5.41, 5.74) is 0. The number of carbonyl (C=O) groups excluding carboxylic acids is 1. The average Bonchev–Trinajstić information content (AvgIpc) is 2.13. The fourth-order valence-electron chi connectivity index (χ4n) is 1.07. The smallest absolute Gasteiger partial charge is 0.237 e. The maximum Gasteiger partial charge on any atom is 0.237 e. The zero-order valence-electron chi connectivity index (χ0n) is 9.21. The van der Waals surface area contributed by atoms with Crippen molar-refractivity contribution in [2.45, 2.75) is 19.8 Å². The third kappa shape index (κ3) is 5.55. The lowest BCUT2D eigenvalue weighted by atomic mass is 10.1. The van der Waals surface area contributed by atoms with Gasteiger partial charge in [-0.1, -0.05) is 13.3 Å². The molecule has 1 amide bonds. The van der Waals surface area contributed by atoms with Crippen LogP contribution in [0.2, 0.25) is 0 Å². The molecule has 0 saturated carbocycles. The van der Waals surface area contributed by atoms with E-state index in [4.69, 9.17) is 5.26 Å². The van der Waals surface area contributed by atoms with Crippen molar-refractivity contribution in [3.8, 4) is 6.07 Å². The highest BCUT2D eigenvalue weighted by molar-refractivity contribution is 5.80. The van der Waals surface area contributed by atoms with Crippen LogP contribution in [0.25, 0.3) is 0 Å². The molecule has 0 aliphatic rings. The summed E-state index contributed by atoms with van der Waals surface area (Å²) in [4.78, 5) is 13.4. The van der Waals surface area contributed by atoms with Gasteiger partial charge in [-0.3, -0.25) is 4.79 Å². The van der Waals surface area contributed by atoms with Gasteiger partial charge in [-0.15, -0.1) is 0 Å². The van der Waals surface area contributed by atoms with Crippen molar-refractivity contribution in [1.82, 2.24) is 10.2 Å². The van der Waals surface area contributed by atoms with Gasteiger partial charge >= 0.3 is 0 Å². The molecule has 0 aliphatic heterocycles. The fraction of sp³-hybridized carbons (Fsp3) is 0.800. The first-order valence-corrected chi connectivity index (χ1v) is 4.93. The van der Waals surface area contributed by atoms with Gasteiger partial charge in [0.25, 0.3) is 0 Å². The molecule has 0 saturated heterocycles. The summed E-state index contributed by atoms with van der Waals surface area (Å²) in [5, 5.41) is 11.5. The highest BCUT2D eigenvalue weighted by Gasteiger charge is 2.15. The Kier molecular flexibility index (Phi) is 6.77. The predicted octanol–water partition coefficient (Wildman–Crippen LogP) is 0.604. The second-order valence-corrected chi connectivity index (χ2v) is 3.56. The van der Waals surface area contributed by atoms with Crippen molar-refractivity contribution in [2.75, 3.05) is 27.2 Å². The highest BCUT2D eigenvalue weighted by Crippen LogP contribution is 2.04. The van der Waals surface area contributed by atoms with Crippen LogP contribution in [0.1, 0.15) is 19.8 Å². The van der Waals surface area contributed by atoms with Crippen LogP contribution in [-0.4, -0.2) is 38.0 Å². The van der Waals surface area contributed by atoms with Crippen molar-refractivity contribution in [3.63, 3.8) is 0 Å². The molecule has 1 N–H and O–H groups in total. The Morgan fingerprint density at radius 2 is 2.21 bits per heavy atom. The number of hydrogen-bond acceptors (Lipinski definition) is 3. The van der Waals surface area contributed by atoms with Crippen molar-refractivity contribution in [3.05, 3.63) is 0 Å². The predicted molar refractivity (Wildman–Crippen MR) is 55.6 cm³/mol. The lowest BCUT2D eigenvalue weighted by Crippen LogP contribution is -2.35. The van der Waals surface area contributed by atoms with Crippen molar-refractivity contribution < 1.29 is 4.79 Å². The standard InChI is InChI=1S/C10H19N3O/c1-4-5-9(8-11)10(14)12-6-7-13(2)3/h9H,4-7H2,1-3H3,(H,12,14). The number of hydrogen-bond donors (Lipinski definition) is 1. The van der Waals surface area contributed by atoms with E-state index in [-0.39, 0.29) is 5.91 Å². The maximum atomic E-state index is 11.4. The molecular formula is C10H19N3O. The van der Waals surface area contributed by atoms with E-state index >= 15 is 0 Å². The largest absolute Gasteiger partial charge is 0.354 e. The zero-order valence-corrected chi connectivity index (χ0v) is 9.21. The second kappa shape index (κ2) is 7.34. The van der Waals surface area contributed by atoms with Gasteiger partial charge in [-0.25, -0.2) is 0 Å². The first kappa shape index (κ1) is 12.9. The molecule has 80 valence electrons. The summed E-state index contributed by atoms with van der Waals surface area (Å²) < 4.78 is 0. The van der Waals surface area contributed by atoms with Crippen LogP contribution >= 0.6 is 0 Å². The summed E-state index contributed by atoms with van der Waals surface area (Å²) in [6.07, 6.45) is 1.50. The van der Waals surface area contributed by atoms with Crippen molar-refractivity contribution in [2.24, 2.45) is 5.92 Å². The summed E-state index contributed by atoms with van der Waals surface area (Å²) >= 11 is 0. The van der Waals surface area contributed by atoms with Crippen LogP contribution in [0, 0.1) is 17.2 Å². The van der Waals surface area contributed by atoms with E-state index in [2.05, 4.69) is 5.32 Å². The van der Waals surface area contributed by atoms with Gasteiger partial charge in [0, 0.05) is 13.1 Å². The molecule has 0 radical (unpaired) electrons. The molecule has 0 aromatic rings. The molecule has 0 heterocycles. The number of nitrogens with one attached hydrogen (secondary N) is 1. The molecule has 4 nitrogen and oxygen atoms in total. The molecule has 0 rings (SSSR count). The van der Waals surface area contributed by atoms with Crippen molar-refractivity contribution >= 4 is 5.91 Å². The van der Waals surface area contributed by atoms with Crippen molar-refractivity contribution in [1.29, 1.82) is 5.26 Å². The number of likely N-dealkylation sites (N-methyl/N-ethyl adjacent to an activating group) is 1. The van der Waals surface area contributed by atoms with Gasteiger partial charge in [0.15, 0.2) is 0 Å². The quantitative estimate of drug-likeness (QED) is 0.678. The van der Waals surface area contributed by atoms with Crippen LogP contribution in [0.3, 0.4) is 0 Å². The normalized spacial score (nSPS) is 12.2. The SMILES string of the molecule is CCCC(C#N)C(=O)NCCN(C)C. The Morgan fingerprint density at radius 1 is 1.57 bits per heavy atom. The molecule has 1 atom stereocenters. The third-order valence-electron chi connectivity index (χ3n) is 1.91. The van der Waals surface area contributed by atoms with Gasteiger partial charge in [0.05, 0.1) is 6.07 Å². The molecule has 14 heavy (non-hydrogen) atoms. The Morgan fingerprint density at radius 3 is 2.64 bits per heavy atom. The minimum Gasteiger partial charge on any atom is -0.354 e. The molecule has 0 aromatic heterocycles. The van der Waals surface area contributed by atoms with E-state index in [0.29, 0.717) is 13.0 Å². The van der Waals surface area contributed by atoms with E-state index < -0.39 is 5.92 Å². The Balaban J connectivity index is 3.77. The number of amides is 1. The van der Waals surface area contributed by atoms with Gasteiger partial charge in [-0.2, -0.15) is 5.26 Å². The Bertz CT molecular complexity index is 208. The van der Waals surface area contributed by atoms with Crippen LogP contribution < -0.4 is 5.32 Å². The molecular weight excluding hydrogens is 178 g/mol. The first-order valence-electron chi connectivity index (χ1n) is 4.93. The van der Waals surface area contributed by atoms with Gasteiger partial charge in [0.2, 0.25) is 5.91 Å². The number of nitriles is 1. The molecule has 0 fully saturated rings. The Labute approximate surface area is 85.9 Å². The van der Waals surface area contributed by atoms with Gasteiger partial charge in [-0.05, 0) is 20.5 Å². The highest BCUT2D eigenvalue weighted by atomic mass is 16.1. The van der Waals surface area contributed by atoms with Gasteiger partial charge < -0.3 is 10.2 Å². The summed E-state index contributed by atoms with van der Waals surface area (Å²) in [5.74, 6) is -0.627. The lowest BCUT2D eigenvalue weighted by Gasteiger charge is -2.12. The first-order chi connectivity index (χ1) is 6.61. The monoisotopic (exact) mass is 197 g/mol.